The summed E-state index contributed by atoms with van der Waals surface area (Å²) in [5.74, 6) is -0.999. The predicted molar refractivity (Wildman–Crippen MR) is 90.4 cm³/mol. The molecule has 0 saturated heterocycles. The number of nitrogen functional groups attached to an aromatic ring is 1. The lowest BCUT2D eigenvalue weighted by atomic mass is 10.1. The first-order chi connectivity index (χ1) is 11.0. The molecule has 0 bridgehead atoms. The molecule has 2 rings (SSSR count). The Hall–Kier alpha value is -3.41. The first-order valence-corrected chi connectivity index (χ1v) is 6.79. The Morgan fingerprint density at radius 2 is 1.78 bits per heavy atom. The summed E-state index contributed by atoms with van der Waals surface area (Å²) in [5, 5.41) is 9.83. The summed E-state index contributed by atoms with van der Waals surface area (Å²) in [6.07, 6.45) is 2.11. The van der Waals surface area contributed by atoms with E-state index in [9.17, 15) is 9.59 Å². The van der Waals surface area contributed by atoms with E-state index in [0.29, 0.717) is 22.5 Å². The van der Waals surface area contributed by atoms with Crippen molar-refractivity contribution in [3.05, 3.63) is 71.4 Å². The van der Waals surface area contributed by atoms with Crippen LogP contribution in [-0.4, -0.2) is 17.9 Å². The van der Waals surface area contributed by atoms with Gasteiger partial charge in [0.15, 0.2) is 5.78 Å². The van der Waals surface area contributed by atoms with Crippen LogP contribution in [0.1, 0.15) is 15.9 Å². The van der Waals surface area contributed by atoms with E-state index in [1.54, 1.807) is 24.3 Å². The molecule has 2 aromatic rings. The summed E-state index contributed by atoms with van der Waals surface area (Å²) < 4.78 is 0. The van der Waals surface area contributed by atoms with E-state index in [1.165, 1.54) is 18.2 Å². The van der Waals surface area contributed by atoms with Gasteiger partial charge in [0.2, 0.25) is 0 Å². The fraction of sp³-hybridized carbons (Fsp3) is 0. The maximum Gasteiger partial charge on any atom is 0.271 e. The zero-order valence-corrected chi connectivity index (χ0v) is 12.2. The highest BCUT2D eigenvalue weighted by atomic mass is 16.2. The average molecular weight is 308 g/mol. The van der Waals surface area contributed by atoms with Crippen molar-refractivity contribution in [2.45, 2.75) is 0 Å². The van der Waals surface area contributed by atoms with Crippen molar-refractivity contribution in [1.29, 1.82) is 5.41 Å². The topological polar surface area (TPSA) is 122 Å². The molecule has 0 aliphatic carbocycles. The molecule has 0 spiro atoms. The van der Waals surface area contributed by atoms with Gasteiger partial charge in [-0.15, -0.1) is 0 Å². The molecule has 0 aromatic heterocycles. The quantitative estimate of drug-likeness (QED) is 0.292. The Bertz CT molecular complexity index is 782. The first kappa shape index (κ1) is 16.0. The lowest BCUT2D eigenvalue weighted by molar-refractivity contribution is -0.112. The second-order valence-electron chi connectivity index (χ2n) is 4.77. The number of ketones is 1. The summed E-state index contributed by atoms with van der Waals surface area (Å²) in [6, 6.07) is 13.3. The molecule has 0 unspecified atom stereocenters. The standard InChI is InChI=1S/C17H16N4O2/c18-10-12-8-11(6-7-14(12)19)16(22)9-15(20)17(23)21-13-4-2-1-3-5-13/h1-10,18H,19-20H2,(H,21,23). The first-order valence-electron chi connectivity index (χ1n) is 6.79. The van der Waals surface area contributed by atoms with Crippen LogP contribution in [0.2, 0.25) is 0 Å². The minimum Gasteiger partial charge on any atom is -0.398 e. The van der Waals surface area contributed by atoms with Crippen LogP contribution < -0.4 is 16.8 Å². The van der Waals surface area contributed by atoms with Gasteiger partial charge in [0.05, 0.1) is 0 Å². The Morgan fingerprint density at radius 3 is 2.43 bits per heavy atom. The molecular weight excluding hydrogens is 292 g/mol. The Balaban J connectivity index is 2.15. The molecule has 0 heterocycles. The number of hydrogen-bond acceptors (Lipinski definition) is 5. The van der Waals surface area contributed by atoms with Crippen molar-refractivity contribution in [2.75, 3.05) is 11.1 Å². The molecule has 0 radical (unpaired) electrons. The number of hydrogen-bond donors (Lipinski definition) is 4. The van der Waals surface area contributed by atoms with Crippen LogP contribution in [0.3, 0.4) is 0 Å². The second kappa shape index (κ2) is 7.04. The summed E-state index contributed by atoms with van der Waals surface area (Å²) >= 11 is 0. The minimum atomic E-state index is -0.563. The van der Waals surface area contributed by atoms with Crippen molar-refractivity contribution >= 4 is 29.3 Å². The smallest absolute Gasteiger partial charge is 0.271 e. The number of para-hydroxylation sites is 1. The Morgan fingerprint density at radius 1 is 1.09 bits per heavy atom. The number of anilines is 2. The van der Waals surface area contributed by atoms with E-state index in [2.05, 4.69) is 5.32 Å². The van der Waals surface area contributed by atoms with Crippen molar-refractivity contribution < 1.29 is 9.59 Å². The lowest BCUT2D eigenvalue weighted by Crippen LogP contribution is -2.21. The minimum absolute atomic E-state index is 0.202. The molecule has 0 fully saturated rings. The molecule has 23 heavy (non-hydrogen) atoms. The van der Waals surface area contributed by atoms with E-state index < -0.39 is 11.7 Å². The molecule has 6 nitrogen and oxygen atoms in total. The molecule has 0 aliphatic heterocycles. The van der Waals surface area contributed by atoms with Gasteiger partial charge in [0, 0.05) is 34.8 Å². The van der Waals surface area contributed by atoms with Crippen molar-refractivity contribution in [3.63, 3.8) is 0 Å². The molecule has 0 atom stereocenters. The third kappa shape index (κ3) is 4.04. The van der Waals surface area contributed by atoms with Crippen LogP contribution in [0, 0.1) is 5.41 Å². The van der Waals surface area contributed by atoms with Crippen LogP contribution in [-0.2, 0) is 4.79 Å². The predicted octanol–water partition coefficient (Wildman–Crippen LogP) is 1.93. The fourth-order valence-electron chi connectivity index (χ4n) is 1.87. The highest BCUT2D eigenvalue weighted by Gasteiger charge is 2.10. The van der Waals surface area contributed by atoms with E-state index in [0.717, 1.165) is 12.3 Å². The maximum atomic E-state index is 12.1. The van der Waals surface area contributed by atoms with Crippen LogP contribution in [0.15, 0.2) is 60.3 Å². The number of carbonyl (C=O) groups is 2. The largest absolute Gasteiger partial charge is 0.398 e. The second-order valence-corrected chi connectivity index (χ2v) is 4.77. The van der Waals surface area contributed by atoms with E-state index in [4.69, 9.17) is 16.9 Å². The molecule has 1 amide bonds. The molecular formula is C17H16N4O2. The van der Waals surface area contributed by atoms with Crippen molar-refractivity contribution in [3.8, 4) is 0 Å². The van der Waals surface area contributed by atoms with Crippen molar-refractivity contribution in [2.24, 2.45) is 5.73 Å². The molecule has 6 heteroatoms. The van der Waals surface area contributed by atoms with E-state index >= 15 is 0 Å². The van der Waals surface area contributed by atoms with E-state index in [1.807, 2.05) is 6.07 Å². The van der Waals surface area contributed by atoms with E-state index in [-0.39, 0.29) is 5.70 Å². The molecule has 0 aliphatic rings. The highest BCUT2D eigenvalue weighted by molar-refractivity contribution is 6.12. The molecule has 2 aromatic carbocycles. The van der Waals surface area contributed by atoms with Gasteiger partial charge in [-0.05, 0) is 30.3 Å². The van der Waals surface area contributed by atoms with Crippen molar-refractivity contribution in [1.82, 2.24) is 0 Å². The molecule has 116 valence electrons. The van der Waals surface area contributed by atoms with Gasteiger partial charge in [0.1, 0.15) is 5.70 Å². The zero-order chi connectivity index (χ0) is 16.8. The van der Waals surface area contributed by atoms with Crippen LogP contribution in [0.5, 0.6) is 0 Å². The van der Waals surface area contributed by atoms with Crippen LogP contribution in [0.25, 0.3) is 0 Å². The Kier molecular flexibility index (Phi) is 4.89. The number of benzene rings is 2. The van der Waals surface area contributed by atoms with Gasteiger partial charge in [-0.3, -0.25) is 9.59 Å². The average Bonchev–Trinajstić information content (AvgIpc) is 2.56. The maximum absolute atomic E-state index is 12.1. The van der Waals surface area contributed by atoms with Gasteiger partial charge >= 0.3 is 0 Å². The molecule has 6 N–H and O–H groups in total. The number of rotatable bonds is 5. The summed E-state index contributed by atoms with van der Waals surface area (Å²) in [5.41, 5.74) is 12.8. The summed E-state index contributed by atoms with van der Waals surface area (Å²) in [7, 11) is 0. The highest BCUT2D eigenvalue weighted by Crippen LogP contribution is 2.13. The third-order valence-corrected chi connectivity index (χ3v) is 3.11. The van der Waals surface area contributed by atoms with Crippen LogP contribution >= 0.6 is 0 Å². The van der Waals surface area contributed by atoms with Gasteiger partial charge in [0.25, 0.3) is 5.91 Å². The normalized spacial score (nSPS) is 10.9. The summed E-state index contributed by atoms with van der Waals surface area (Å²) in [4.78, 5) is 24.1. The number of carbonyl (C=O) groups excluding carboxylic acids is 2. The Labute approximate surface area is 133 Å². The molecule has 0 saturated carbocycles. The monoisotopic (exact) mass is 308 g/mol. The van der Waals surface area contributed by atoms with Gasteiger partial charge in [-0.1, -0.05) is 18.2 Å². The number of amides is 1. The number of allylic oxidation sites excluding steroid dienone is 1. The third-order valence-electron chi connectivity index (χ3n) is 3.11. The zero-order valence-electron chi connectivity index (χ0n) is 12.2. The van der Waals surface area contributed by atoms with Gasteiger partial charge in [-0.25, -0.2) is 0 Å². The lowest BCUT2D eigenvalue weighted by Gasteiger charge is -2.05. The SMILES string of the molecule is N=Cc1cc(C(=O)C=C(N)C(=O)Nc2ccccc2)ccc1N. The fourth-order valence-corrected chi connectivity index (χ4v) is 1.87. The van der Waals surface area contributed by atoms with Crippen LogP contribution in [0.4, 0.5) is 11.4 Å². The van der Waals surface area contributed by atoms with Gasteiger partial charge in [-0.2, -0.15) is 0 Å². The summed E-state index contributed by atoms with van der Waals surface area (Å²) in [6.45, 7) is 0. The van der Waals surface area contributed by atoms with Gasteiger partial charge < -0.3 is 22.2 Å². The number of nitrogens with one attached hydrogen (secondary N) is 2. The number of nitrogens with two attached hydrogens (primary N) is 2.